The fourth-order valence-electron chi connectivity index (χ4n) is 3.72. The lowest BCUT2D eigenvalue weighted by Gasteiger charge is -2.10. The van der Waals surface area contributed by atoms with Crippen molar-refractivity contribution in [2.24, 2.45) is 0 Å². The van der Waals surface area contributed by atoms with Gasteiger partial charge in [0.05, 0.1) is 17.0 Å². The van der Waals surface area contributed by atoms with Gasteiger partial charge in [0.25, 0.3) is 0 Å². The summed E-state index contributed by atoms with van der Waals surface area (Å²) in [6.45, 7) is 8.45. The monoisotopic (exact) mass is 346 g/mol. The molecule has 0 unspecified atom stereocenters. The van der Waals surface area contributed by atoms with Crippen molar-refractivity contribution in [2.75, 3.05) is 0 Å². The van der Waals surface area contributed by atoms with Crippen molar-refractivity contribution < 1.29 is 0 Å². The predicted octanol–water partition coefficient (Wildman–Crippen LogP) is 4.80. The maximum atomic E-state index is 4.59. The minimum Gasteiger partial charge on any atom is -0.328 e. The van der Waals surface area contributed by atoms with Crippen LogP contribution in [0, 0.1) is 0 Å². The predicted molar refractivity (Wildman–Crippen MR) is 112 cm³/mol. The zero-order chi connectivity index (χ0) is 18.4. The molecule has 0 spiro atoms. The lowest BCUT2D eigenvalue weighted by atomic mass is 10.0. The van der Waals surface area contributed by atoms with Gasteiger partial charge in [-0.2, -0.15) is 0 Å². The molecule has 3 rings (SSSR count). The molecule has 1 heterocycles. The molecule has 1 saturated carbocycles. The molecule has 2 aromatic rings. The molecule has 1 aliphatic carbocycles. The average Bonchev–Trinajstić information content (AvgIpc) is 3.30. The summed E-state index contributed by atoms with van der Waals surface area (Å²) in [5.74, 6) is 0. The topological polar surface area (TPSA) is 17.8 Å². The third-order valence-corrected chi connectivity index (χ3v) is 5.37. The lowest BCUT2D eigenvalue weighted by Crippen LogP contribution is -2.30. The van der Waals surface area contributed by atoms with Gasteiger partial charge in [0.2, 0.25) is 0 Å². The van der Waals surface area contributed by atoms with E-state index in [1.54, 1.807) is 0 Å². The second kappa shape index (κ2) is 8.84. The Morgan fingerprint density at radius 3 is 2.65 bits per heavy atom. The van der Waals surface area contributed by atoms with Crippen molar-refractivity contribution in [3.05, 3.63) is 70.6 Å². The summed E-state index contributed by atoms with van der Waals surface area (Å²) in [5.41, 5.74) is 3.94. The minimum absolute atomic E-state index is 0.614. The molecule has 0 atom stereocenters. The molecule has 0 aliphatic heterocycles. The highest BCUT2D eigenvalue weighted by Crippen LogP contribution is 2.27. The molecule has 1 aromatic carbocycles. The molecule has 2 nitrogen and oxygen atoms in total. The summed E-state index contributed by atoms with van der Waals surface area (Å²) in [6, 6.07) is 9.51. The molecule has 0 amide bonds. The van der Waals surface area contributed by atoms with E-state index in [-0.39, 0.29) is 0 Å². The highest BCUT2D eigenvalue weighted by molar-refractivity contribution is 5.65. The van der Waals surface area contributed by atoms with E-state index in [0.29, 0.717) is 6.04 Å². The van der Waals surface area contributed by atoms with Crippen molar-refractivity contribution in [1.29, 1.82) is 0 Å². The van der Waals surface area contributed by atoms with Crippen LogP contribution in [0.5, 0.6) is 0 Å². The normalized spacial score (nSPS) is 16.8. The van der Waals surface area contributed by atoms with Gasteiger partial charge in [-0.15, -0.1) is 0 Å². The van der Waals surface area contributed by atoms with Gasteiger partial charge in [-0.25, -0.2) is 4.98 Å². The van der Waals surface area contributed by atoms with Crippen LogP contribution in [-0.2, 0) is 6.42 Å². The fraction of sp³-hybridized carbons (Fsp3) is 0.375. The van der Waals surface area contributed by atoms with Gasteiger partial charge in [0.15, 0.2) is 0 Å². The lowest BCUT2D eigenvalue weighted by molar-refractivity contribution is 0.508. The van der Waals surface area contributed by atoms with Crippen molar-refractivity contribution >= 4 is 18.2 Å². The molecule has 136 valence electrons. The molecular formula is C24H30N2. The second-order valence-electron chi connectivity index (χ2n) is 7.24. The van der Waals surface area contributed by atoms with Crippen LogP contribution in [-0.4, -0.2) is 9.55 Å². The Kier molecular flexibility index (Phi) is 6.27. The number of imidazole rings is 1. The summed E-state index contributed by atoms with van der Waals surface area (Å²) in [5, 5.41) is 2.13. The highest BCUT2D eigenvalue weighted by atomic mass is 15.1. The summed E-state index contributed by atoms with van der Waals surface area (Å²) in [7, 11) is 0. The first-order valence-electron chi connectivity index (χ1n) is 9.80. The van der Waals surface area contributed by atoms with Gasteiger partial charge >= 0.3 is 0 Å². The van der Waals surface area contributed by atoms with Gasteiger partial charge < -0.3 is 4.57 Å². The molecule has 26 heavy (non-hydrogen) atoms. The van der Waals surface area contributed by atoms with Crippen molar-refractivity contribution in [1.82, 2.24) is 9.55 Å². The summed E-state index contributed by atoms with van der Waals surface area (Å²) >= 11 is 0. The fourth-order valence-corrected chi connectivity index (χ4v) is 3.72. The maximum Gasteiger partial charge on any atom is 0.0960 e. The van der Waals surface area contributed by atoms with Crippen LogP contribution in [0.4, 0.5) is 0 Å². The summed E-state index contributed by atoms with van der Waals surface area (Å²) in [6.07, 6.45) is 17.7. The molecule has 1 fully saturated rings. The SMILES string of the molecule is C=c1/c(=C/CCc2ccc(/C(C)=C/C=C\C)cc2)ncn1C1CCCC1. The van der Waals surface area contributed by atoms with Crippen LogP contribution < -0.4 is 10.7 Å². The van der Waals surface area contributed by atoms with Crippen LogP contribution in [0.1, 0.15) is 63.1 Å². The smallest absolute Gasteiger partial charge is 0.0960 e. The standard InChI is InChI=1S/C24H30N2/c1-4-5-9-19(2)22-16-14-21(15-17-22)10-8-13-24-20(3)26(18-25-24)23-11-6-7-12-23/h4-5,9,13-18,23H,3,6-8,10-12H2,1-2H3/b5-4-,19-9+,24-13-. The second-order valence-corrected chi connectivity index (χ2v) is 7.24. The molecule has 0 saturated heterocycles. The molecule has 0 N–H and O–H groups in total. The van der Waals surface area contributed by atoms with E-state index in [4.69, 9.17) is 0 Å². The molecule has 0 bridgehead atoms. The first-order valence-corrected chi connectivity index (χ1v) is 9.80. The summed E-state index contributed by atoms with van der Waals surface area (Å²) in [4.78, 5) is 4.59. The number of aromatic nitrogens is 2. The van der Waals surface area contributed by atoms with Crippen LogP contribution in [0.2, 0.25) is 0 Å². The third kappa shape index (κ3) is 4.43. The molecule has 1 aromatic heterocycles. The maximum absolute atomic E-state index is 4.59. The number of allylic oxidation sites excluding steroid dienone is 4. The number of aryl methyl sites for hydroxylation is 1. The average molecular weight is 347 g/mol. The molecular weight excluding hydrogens is 316 g/mol. The Hall–Kier alpha value is -2.35. The van der Waals surface area contributed by atoms with Crippen LogP contribution in [0.15, 0.2) is 48.8 Å². The van der Waals surface area contributed by atoms with E-state index in [1.807, 2.05) is 13.3 Å². The quantitative estimate of drug-likeness (QED) is 0.687. The Bertz CT molecular complexity index is 875. The van der Waals surface area contributed by atoms with Crippen LogP contribution in [0.3, 0.4) is 0 Å². The largest absolute Gasteiger partial charge is 0.328 e. The first-order chi connectivity index (χ1) is 12.7. The van der Waals surface area contributed by atoms with E-state index < -0.39 is 0 Å². The Morgan fingerprint density at radius 2 is 1.96 bits per heavy atom. The van der Waals surface area contributed by atoms with Gasteiger partial charge in [-0.05, 0) is 56.2 Å². The minimum atomic E-state index is 0.614. The van der Waals surface area contributed by atoms with Crippen molar-refractivity contribution in [2.45, 2.75) is 58.4 Å². The van der Waals surface area contributed by atoms with E-state index >= 15 is 0 Å². The number of nitrogens with zero attached hydrogens (tertiary/aromatic N) is 2. The summed E-state index contributed by atoms with van der Waals surface area (Å²) < 4.78 is 2.29. The molecule has 0 radical (unpaired) electrons. The zero-order valence-electron chi connectivity index (χ0n) is 16.1. The van der Waals surface area contributed by atoms with Crippen molar-refractivity contribution in [3.63, 3.8) is 0 Å². The highest BCUT2D eigenvalue weighted by Gasteiger charge is 2.16. The molecule has 2 heteroatoms. The van der Waals surface area contributed by atoms with E-state index in [1.165, 1.54) is 42.4 Å². The van der Waals surface area contributed by atoms with E-state index in [2.05, 4.69) is 71.6 Å². The Labute approximate surface area is 157 Å². The first kappa shape index (κ1) is 18.4. The van der Waals surface area contributed by atoms with Crippen LogP contribution in [0.25, 0.3) is 18.2 Å². The number of rotatable bonds is 6. The number of hydrogen-bond acceptors (Lipinski definition) is 1. The van der Waals surface area contributed by atoms with E-state index in [9.17, 15) is 0 Å². The van der Waals surface area contributed by atoms with E-state index in [0.717, 1.165) is 23.5 Å². The van der Waals surface area contributed by atoms with Gasteiger partial charge in [0, 0.05) is 6.04 Å². The number of hydrogen-bond donors (Lipinski definition) is 0. The Balaban J connectivity index is 1.63. The van der Waals surface area contributed by atoms with Gasteiger partial charge in [-0.1, -0.05) is 68.0 Å². The molecule has 1 aliphatic rings. The Morgan fingerprint density at radius 1 is 1.23 bits per heavy atom. The number of benzene rings is 1. The van der Waals surface area contributed by atoms with Gasteiger partial charge in [-0.3, -0.25) is 0 Å². The van der Waals surface area contributed by atoms with Gasteiger partial charge in [0.1, 0.15) is 0 Å². The zero-order valence-corrected chi connectivity index (χ0v) is 16.1. The van der Waals surface area contributed by atoms with Crippen molar-refractivity contribution in [3.8, 4) is 0 Å². The third-order valence-electron chi connectivity index (χ3n) is 5.37. The van der Waals surface area contributed by atoms with Crippen LogP contribution >= 0.6 is 0 Å².